The first kappa shape index (κ1) is 25.6. The number of anilines is 1. The predicted molar refractivity (Wildman–Crippen MR) is 136 cm³/mol. The number of carbonyl (C=O) groups is 1. The number of nitrogens with zero attached hydrogens (tertiary/aromatic N) is 1. The summed E-state index contributed by atoms with van der Waals surface area (Å²) in [5, 5.41) is 3.26. The van der Waals surface area contributed by atoms with Crippen LogP contribution in [0, 0.1) is 5.92 Å². The molecule has 0 unspecified atom stereocenters. The highest BCUT2D eigenvalue weighted by molar-refractivity contribution is 7.92. The summed E-state index contributed by atoms with van der Waals surface area (Å²) < 4.78 is 33.3. The molecule has 0 aliphatic carbocycles. The molecule has 0 aromatic heterocycles. The minimum atomic E-state index is -4.03. The molecule has 0 heterocycles. The lowest BCUT2D eigenvalue weighted by Gasteiger charge is -2.27. The number of rotatable bonds is 10. The lowest BCUT2D eigenvalue weighted by atomic mass is 9.97. The van der Waals surface area contributed by atoms with E-state index in [0.717, 1.165) is 15.6 Å². The number of carbonyl (C=O) groups excluding carboxylic acids is 1. The highest BCUT2D eigenvalue weighted by atomic mass is 35.5. The number of halogens is 1. The van der Waals surface area contributed by atoms with Crippen molar-refractivity contribution in [3.63, 3.8) is 0 Å². The zero-order valence-electron chi connectivity index (χ0n) is 19.4. The Morgan fingerprint density at radius 2 is 1.59 bits per heavy atom. The van der Waals surface area contributed by atoms with Crippen LogP contribution in [0.3, 0.4) is 0 Å². The number of sulfonamides is 1. The fraction of sp³-hybridized carbons (Fsp3) is 0.269. The van der Waals surface area contributed by atoms with E-state index in [4.69, 9.17) is 16.3 Å². The smallest absolute Gasteiger partial charge is 0.264 e. The van der Waals surface area contributed by atoms with Crippen LogP contribution < -0.4 is 14.4 Å². The highest BCUT2D eigenvalue weighted by Gasteiger charge is 2.29. The first-order chi connectivity index (χ1) is 16.2. The molecule has 8 heteroatoms. The fourth-order valence-electron chi connectivity index (χ4n) is 3.63. The number of benzene rings is 3. The van der Waals surface area contributed by atoms with Crippen LogP contribution in [0.15, 0.2) is 83.8 Å². The van der Waals surface area contributed by atoms with Gasteiger partial charge in [-0.25, -0.2) is 8.42 Å². The quantitative estimate of drug-likeness (QED) is 0.401. The lowest BCUT2D eigenvalue weighted by molar-refractivity contribution is -0.120. The van der Waals surface area contributed by atoms with E-state index in [2.05, 4.69) is 19.2 Å². The number of nitrogens with one attached hydrogen (secondary N) is 1. The fourth-order valence-corrected chi connectivity index (χ4v) is 5.38. The van der Waals surface area contributed by atoms with E-state index in [-0.39, 0.29) is 21.6 Å². The van der Waals surface area contributed by atoms with Crippen molar-refractivity contribution in [3.05, 3.63) is 89.4 Å². The van der Waals surface area contributed by atoms with Gasteiger partial charge in [0, 0.05) is 0 Å². The van der Waals surface area contributed by atoms with Crippen LogP contribution in [0.1, 0.15) is 31.9 Å². The van der Waals surface area contributed by atoms with Crippen molar-refractivity contribution in [2.24, 2.45) is 5.92 Å². The van der Waals surface area contributed by atoms with E-state index in [1.54, 1.807) is 49.6 Å². The van der Waals surface area contributed by atoms with Gasteiger partial charge in [-0.2, -0.15) is 0 Å². The van der Waals surface area contributed by atoms with Crippen LogP contribution in [-0.2, 0) is 14.8 Å². The van der Waals surface area contributed by atoms with E-state index < -0.39 is 22.5 Å². The summed E-state index contributed by atoms with van der Waals surface area (Å²) in [6.45, 7) is 3.73. The minimum Gasteiger partial charge on any atom is -0.497 e. The zero-order valence-corrected chi connectivity index (χ0v) is 21.0. The van der Waals surface area contributed by atoms with Crippen LogP contribution in [-0.4, -0.2) is 28.0 Å². The lowest BCUT2D eigenvalue weighted by Crippen LogP contribution is -2.42. The third kappa shape index (κ3) is 6.30. The second kappa shape index (κ2) is 11.4. The van der Waals surface area contributed by atoms with Gasteiger partial charge < -0.3 is 10.1 Å². The van der Waals surface area contributed by atoms with Gasteiger partial charge in [0.1, 0.15) is 12.3 Å². The van der Waals surface area contributed by atoms with Crippen LogP contribution in [0.5, 0.6) is 5.75 Å². The zero-order chi connectivity index (χ0) is 24.7. The molecule has 3 aromatic rings. The summed E-state index contributed by atoms with van der Waals surface area (Å²) in [6, 6.07) is 21.8. The molecular formula is C26H29ClN2O4S. The Balaban J connectivity index is 1.91. The molecule has 0 saturated heterocycles. The molecule has 0 saturated carbocycles. The van der Waals surface area contributed by atoms with E-state index in [0.29, 0.717) is 12.3 Å². The summed E-state index contributed by atoms with van der Waals surface area (Å²) in [7, 11) is -2.44. The Hall–Kier alpha value is -3.03. The van der Waals surface area contributed by atoms with E-state index in [1.807, 2.05) is 24.3 Å². The largest absolute Gasteiger partial charge is 0.497 e. The number of methoxy groups -OCH3 is 1. The second-order valence-corrected chi connectivity index (χ2v) is 10.6. The van der Waals surface area contributed by atoms with Crippen LogP contribution in [0.25, 0.3) is 0 Å². The van der Waals surface area contributed by atoms with Gasteiger partial charge in [0.05, 0.1) is 28.8 Å². The molecule has 0 fully saturated rings. The molecule has 0 aliphatic rings. The van der Waals surface area contributed by atoms with Gasteiger partial charge in [0.2, 0.25) is 5.91 Å². The molecule has 0 spiro atoms. The molecule has 0 bridgehead atoms. The number of para-hydroxylation sites is 1. The average Bonchev–Trinajstić information content (AvgIpc) is 2.83. The van der Waals surface area contributed by atoms with Gasteiger partial charge in [-0.05, 0) is 54.3 Å². The van der Waals surface area contributed by atoms with Crippen molar-refractivity contribution in [1.29, 1.82) is 0 Å². The normalized spacial score (nSPS) is 12.3. The Bertz CT molecular complexity index is 1200. The molecular weight excluding hydrogens is 472 g/mol. The maximum Gasteiger partial charge on any atom is 0.264 e. The Kier molecular flexibility index (Phi) is 8.58. The monoisotopic (exact) mass is 500 g/mol. The van der Waals surface area contributed by atoms with Gasteiger partial charge in [0.25, 0.3) is 10.0 Å². The second-order valence-electron chi connectivity index (χ2n) is 8.30. The minimum absolute atomic E-state index is 0.0802. The van der Waals surface area contributed by atoms with Crippen LogP contribution in [0.4, 0.5) is 5.69 Å². The molecule has 0 aliphatic heterocycles. The Morgan fingerprint density at radius 1 is 0.971 bits per heavy atom. The molecule has 3 aromatic carbocycles. The maximum atomic E-state index is 13.5. The Morgan fingerprint density at radius 3 is 2.18 bits per heavy atom. The highest BCUT2D eigenvalue weighted by Crippen LogP contribution is 2.30. The van der Waals surface area contributed by atoms with Crippen molar-refractivity contribution in [2.45, 2.75) is 31.2 Å². The molecule has 34 heavy (non-hydrogen) atoms. The van der Waals surface area contributed by atoms with Crippen LogP contribution in [0.2, 0.25) is 5.02 Å². The van der Waals surface area contributed by atoms with Gasteiger partial charge in [0.15, 0.2) is 0 Å². The number of ether oxygens (including phenoxy) is 1. The first-order valence-electron chi connectivity index (χ1n) is 11.0. The molecule has 1 atom stereocenters. The maximum absolute atomic E-state index is 13.5. The van der Waals surface area contributed by atoms with Crippen molar-refractivity contribution in [1.82, 2.24) is 5.32 Å². The third-order valence-corrected chi connectivity index (χ3v) is 7.39. The topological polar surface area (TPSA) is 75.7 Å². The molecule has 0 radical (unpaired) electrons. The molecule has 1 N–H and O–H groups in total. The summed E-state index contributed by atoms with van der Waals surface area (Å²) in [4.78, 5) is 13.3. The molecule has 180 valence electrons. The van der Waals surface area contributed by atoms with Gasteiger partial charge in [-0.1, -0.05) is 67.9 Å². The van der Waals surface area contributed by atoms with Crippen molar-refractivity contribution in [3.8, 4) is 5.75 Å². The summed E-state index contributed by atoms with van der Waals surface area (Å²) >= 11 is 6.35. The number of amides is 1. The van der Waals surface area contributed by atoms with Crippen LogP contribution >= 0.6 is 11.6 Å². The number of hydrogen-bond donors (Lipinski definition) is 1. The summed E-state index contributed by atoms with van der Waals surface area (Å²) in [5.74, 6) is 0.596. The van der Waals surface area contributed by atoms with Crippen molar-refractivity contribution >= 4 is 33.2 Å². The average molecular weight is 501 g/mol. The third-order valence-electron chi connectivity index (χ3n) is 5.30. The first-order valence-corrected chi connectivity index (χ1v) is 12.8. The van der Waals surface area contributed by atoms with E-state index in [9.17, 15) is 13.2 Å². The van der Waals surface area contributed by atoms with Gasteiger partial charge >= 0.3 is 0 Å². The number of hydrogen-bond acceptors (Lipinski definition) is 4. The molecule has 3 rings (SSSR count). The van der Waals surface area contributed by atoms with Gasteiger partial charge in [-0.15, -0.1) is 0 Å². The van der Waals surface area contributed by atoms with Crippen molar-refractivity contribution < 1.29 is 17.9 Å². The Labute approximate surface area is 206 Å². The summed E-state index contributed by atoms with van der Waals surface area (Å²) in [6.07, 6.45) is 0.690. The molecule has 1 amide bonds. The molecule has 6 nitrogen and oxygen atoms in total. The standard InChI is InChI=1S/C26H29ClN2O4S/c1-19(2)17-24(20-13-15-21(33-3)16-14-20)28-26(30)18-29(25-12-8-7-11-23(25)27)34(31,32)22-9-5-4-6-10-22/h4-16,19,24H,17-18H2,1-3H3,(H,28,30)/t24-/m1/s1. The van der Waals surface area contributed by atoms with Gasteiger partial charge in [-0.3, -0.25) is 9.10 Å². The summed E-state index contributed by atoms with van der Waals surface area (Å²) in [5.41, 5.74) is 1.16. The van der Waals surface area contributed by atoms with E-state index >= 15 is 0 Å². The predicted octanol–water partition coefficient (Wildman–Crippen LogP) is 5.45. The van der Waals surface area contributed by atoms with Crippen molar-refractivity contribution in [2.75, 3.05) is 18.0 Å². The van der Waals surface area contributed by atoms with E-state index in [1.165, 1.54) is 12.1 Å². The SMILES string of the molecule is COc1ccc([C@@H](CC(C)C)NC(=O)CN(c2ccccc2Cl)S(=O)(=O)c2ccccc2)cc1.